The zero-order chi connectivity index (χ0) is 13.2. The van der Waals surface area contributed by atoms with E-state index < -0.39 is 0 Å². The number of ether oxygens (including phenoxy) is 2. The Morgan fingerprint density at radius 1 is 1.21 bits per heavy atom. The van der Waals surface area contributed by atoms with Gasteiger partial charge in [0.25, 0.3) is 0 Å². The van der Waals surface area contributed by atoms with Gasteiger partial charge in [-0.2, -0.15) is 9.97 Å². The van der Waals surface area contributed by atoms with Gasteiger partial charge in [-0.05, 0) is 18.8 Å². The average Bonchev–Trinajstić information content (AvgIpc) is 2.94. The van der Waals surface area contributed by atoms with Gasteiger partial charge in [0.1, 0.15) is 0 Å². The van der Waals surface area contributed by atoms with Crippen molar-refractivity contribution in [3.8, 4) is 11.8 Å². The number of piperidine rings is 1. The largest absolute Gasteiger partial charge is 0.481 e. The summed E-state index contributed by atoms with van der Waals surface area (Å²) in [5.41, 5.74) is 0. The third-order valence-electron chi connectivity index (χ3n) is 4.02. The van der Waals surface area contributed by atoms with Crippen molar-refractivity contribution >= 4 is 5.95 Å². The highest BCUT2D eigenvalue weighted by Crippen LogP contribution is 2.30. The topological polar surface area (TPSA) is 59.5 Å². The van der Waals surface area contributed by atoms with Gasteiger partial charge in [0.2, 0.25) is 17.7 Å². The maximum absolute atomic E-state index is 5.23. The minimum Gasteiger partial charge on any atom is -0.481 e. The number of nitrogens with one attached hydrogen (secondary N) is 1. The van der Waals surface area contributed by atoms with E-state index in [-0.39, 0.29) is 0 Å². The zero-order valence-corrected chi connectivity index (χ0v) is 11.4. The quantitative estimate of drug-likeness (QED) is 0.866. The van der Waals surface area contributed by atoms with Crippen LogP contribution in [-0.2, 0) is 0 Å². The fourth-order valence-electron chi connectivity index (χ4n) is 3.05. The van der Waals surface area contributed by atoms with Gasteiger partial charge in [0, 0.05) is 25.7 Å². The summed E-state index contributed by atoms with van der Waals surface area (Å²) in [5, 5.41) is 3.46. The fourth-order valence-corrected chi connectivity index (χ4v) is 3.05. The molecule has 1 aromatic rings. The summed E-state index contributed by atoms with van der Waals surface area (Å²) < 4.78 is 10.5. The molecule has 2 unspecified atom stereocenters. The van der Waals surface area contributed by atoms with E-state index in [1.54, 1.807) is 20.3 Å². The van der Waals surface area contributed by atoms with Crippen LogP contribution in [0.3, 0.4) is 0 Å². The van der Waals surface area contributed by atoms with Gasteiger partial charge >= 0.3 is 0 Å². The third-order valence-corrected chi connectivity index (χ3v) is 4.02. The van der Waals surface area contributed by atoms with E-state index >= 15 is 0 Å². The van der Waals surface area contributed by atoms with Gasteiger partial charge in [0.05, 0.1) is 20.3 Å². The summed E-state index contributed by atoms with van der Waals surface area (Å²) in [7, 11) is 3.23. The van der Waals surface area contributed by atoms with Crippen LogP contribution in [0.25, 0.3) is 0 Å². The molecule has 0 bridgehead atoms. The lowest BCUT2D eigenvalue weighted by atomic mass is 9.92. The molecule has 1 N–H and O–H groups in total. The molecule has 0 aliphatic carbocycles. The van der Waals surface area contributed by atoms with Crippen molar-refractivity contribution in [2.45, 2.75) is 18.9 Å². The van der Waals surface area contributed by atoms with Crippen molar-refractivity contribution in [2.24, 2.45) is 5.92 Å². The molecule has 0 spiro atoms. The lowest BCUT2D eigenvalue weighted by Crippen LogP contribution is -2.46. The van der Waals surface area contributed by atoms with Crippen molar-refractivity contribution in [3.05, 3.63) is 6.07 Å². The van der Waals surface area contributed by atoms with Crippen LogP contribution in [0.5, 0.6) is 11.8 Å². The molecule has 6 nitrogen and oxygen atoms in total. The van der Waals surface area contributed by atoms with Crippen LogP contribution in [0, 0.1) is 5.92 Å². The molecular formula is C13H20N4O2. The molecule has 0 radical (unpaired) electrons. The van der Waals surface area contributed by atoms with E-state index in [4.69, 9.17) is 9.47 Å². The second-order valence-corrected chi connectivity index (χ2v) is 5.07. The zero-order valence-electron chi connectivity index (χ0n) is 11.4. The molecule has 2 atom stereocenters. The molecule has 0 aromatic carbocycles. The molecule has 2 fully saturated rings. The Morgan fingerprint density at radius 3 is 2.63 bits per heavy atom. The maximum Gasteiger partial charge on any atom is 0.232 e. The molecule has 2 aliphatic rings. The van der Waals surface area contributed by atoms with Crippen LogP contribution in [0.4, 0.5) is 5.95 Å². The van der Waals surface area contributed by atoms with E-state index in [2.05, 4.69) is 20.2 Å². The lowest BCUT2D eigenvalue weighted by Gasteiger charge is -2.37. The first-order valence-corrected chi connectivity index (χ1v) is 6.76. The third kappa shape index (κ3) is 2.32. The van der Waals surface area contributed by atoms with E-state index in [9.17, 15) is 0 Å². The number of nitrogens with zero attached hydrogens (tertiary/aromatic N) is 3. The monoisotopic (exact) mass is 264 g/mol. The SMILES string of the molecule is COc1cc(OC)nc(N2CCCC3CNCC32)n1. The summed E-state index contributed by atoms with van der Waals surface area (Å²) in [5.74, 6) is 2.52. The van der Waals surface area contributed by atoms with Crippen molar-refractivity contribution in [2.75, 3.05) is 38.8 Å². The van der Waals surface area contributed by atoms with Crippen LogP contribution in [-0.4, -0.2) is 49.9 Å². The van der Waals surface area contributed by atoms with E-state index in [1.165, 1.54) is 12.8 Å². The summed E-state index contributed by atoms with van der Waals surface area (Å²) in [6.07, 6.45) is 2.47. The van der Waals surface area contributed by atoms with Crippen molar-refractivity contribution < 1.29 is 9.47 Å². The van der Waals surface area contributed by atoms with Crippen molar-refractivity contribution in [3.63, 3.8) is 0 Å². The highest BCUT2D eigenvalue weighted by molar-refractivity contribution is 5.39. The Morgan fingerprint density at radius 2 is 1.95 bits per heavy atom. The fraction of sp³-hybridized carbons (Fsp3) is 0.692. The molecule has 2 aliphatic heterocycles. The summed E-state index contributed by atoms with van der Waals surface area (Å²) in [6.45, 7) is 3.11. The summed E-state index contributed by atoms with van der Waals surface area (Å²) in [4.78, 5) is 11.2. The van der Waals surface area contributed by atoms with E-state index in [0.717, 1.165) is 25.6 Å². The molecule has 6 heteroatoms. The Hall–Kier alpha value is -1.56. The first-order chi connectivity index (χ1) is 9.31. The van der Waals surface area contributed by atoms with Crippen LogP contribution < -0.4 is 19.7 Å². The molecule has 0 amide bonds. The van der Waals surface area contributed by atoms with Crippen LogP contribution in [0.2, 0.25) is 0 Å². The smallest absolute Gasteiger partial charge is 0.232 e. The normalized spacial score (nSPS) is 26.1. The number of methoxy groups -OCH3 is 2. The molecule has 0 saturated carbocycles. The van der Waals surface area contributed by atoms with E-state index in [0.29, 0.717) is 23.7 Å². The van der Waals surface area contributed by atoms with Crippen molar-refractivity contribution in [1.82, 2.24) is 15.3 Å². The maximum atomic E-state index is 5.23. The molecular weight excluding hydrogens is 244 g/mol. The molecule has 104 valence electrons. The van der Waals surface area contributed by atoms with Crippen LogP contribution >= 0.6 is 0 Å². The first kappa shape index (κ1) is 12.5. The van der Waals surface area contributed by atoms with Gasteiger partial charge in [-0.3, -0.25) is 0 Å². The predicted molar refractivity (Wildman–Crippen MR) is 71.9 cm³/mol. The average molecular weight is 264 g/mol. The Kier molecular flexibility index (Phi) is 3.42. The Bertz CT molecular complexity index is 432. The number of rotatable bonds is 3. The van der Waals surface area contributed by atoms with Gasteiger partial charge in [-0.15, -0.1) is 0 Å². The number of anilines is 1. The second kappa shape index (κ2) is 5.21. The predicted octanol–water partition coefficient (Wildman–Crippen LogP) is 0.682. The molecule has 3 heterocycles. The number of hydrogen-bond donors (Lipinski definition) is 1. The first-order valence-electron chi connectivity index (χ1n) is 6.76. The highest BCUT2D eigenvalue weighted by Gasteiger charge is 2.36. The molecule has 1 aromatic heterocycles. The minimum absolute atomic E-state index is 0.491. The molecule has 3 rings (SSSR count). The summed E-state index contributed by atoms with van der Waals surface area (Å²) >= 11 is 0. The van der Waals surface area contributed by atoms with Gasteiger partial charge in [-0.25, -0.2) is 0 Å². The minimum atomic E-state index is 0.491. The van der Waals surface area contributed by atoms with Gasteiger partial charge in [0.15, 0.2) is 0 Å². The molecule has 19 heavy (non-hydrogen) atoms. The number of fused-ring (bicyclic) bond motifs is 1. The van der Waals surface area contributed by atoms with Crippen LogP contribution in [0.1, 0.15) is 12.8 Å². The van der Waals surface area contributed by atoms with Crippen LogP contribution in [0.15, 0.2) is 6.07 Å². The Labute approximate surface area is 113 Å². The van der Waals surface area contributed by atoms with Crippen molar-refractivity contribution in [1.29, 1.82) is 0 Å². The summed E-state index contributed by atoms with van der Waals surface area (Å²) in [6, 6.07) is 2.20. The Balaban J connectivity index is 1.91. The standard InChI is InChI=1S/C13H20N4O2/c1-18-11-6-12(19-2)16-13(15-11)17-5-3-4-9-7-14-8-10(9)17/h6,9-10,14H,3-5,7-8H2,1-2H3. The van der Waals surface area contributed by atoms with Gasteiger partial charge < -0.3 is 19.7 Å². The van der Waals surface area contributed by atoms with Gasteiger partial charge in [-0.1, -0.05) is 0 Å². The second-order valence-electron chi connectivity index (χ2n) is 5.07. The molecule has 2 saturated heterocycles. The lowest BCUT2D eigenvalue weighted by molar-refractivity contribution is 0.358. The van der Waals surface area contributed by atoms with E-state index in [1.807, 2.05) is 0 Å². The number of hydrogen-bond acceptors (Lipinski definition) is 6. The number of aromatic nitrogens is 2. The highest BCUT2D eigenvalue weighted by atomic mass is 16.5.